The number of carbonyl (C=O) groups is 2. The first kappa shape index (κ1) is 27.3. The Morgan fingerprint density at radius 3 is 2.31 bits per heavy atom. The van der Waals surface area contributed by atoms with Crippen LogP contribution >= 0.6 is 34.8 Å². The summed E-state index contributed by atoms with van der Waals surface area (Å²) >= 11 is 18.2. The summed E-state index contributed by atoms with van der Waals surface area (Å²) < 4.78 is 88.6. The van der Waals surface area contributed by atoms with Crippen molar-refractivity contribution in [2.75, 3.05) is 5.32 Å². The smallest absolute Gasteiger partial charge is 0.349 e. The summed E-state index contributed by atoms with van der Waals surface area (Å²) in [5.41, 5.74) is -1.39. The van der Waals surface area contributed by atoms with E-state index in [4.69, 9.17) is 34.8 Å². The minimum absolute atomic E-state index is 0.0649. The van der Waals surface area contributed by atoms with Crippen LogP contribution in [0.4, 0.5) is 36.4 Å². The molecule has 3 unspecified atom stereocenters. The molecule has 0 radical (unpaired) electrons. The Balaban J connectivity index is 1.73. The molecule has 0 bridgehead atoms. The van der Waals surface area contributed by atoms with E-state index in [0.29, 0.717) is 12.1 Å². The molecule has 0 aromatic heterocycles. The third-order valence-electron chi connectivity index (χ3n) is 5.23. The van der Waals surface area contributed by atoms with Gasteiger partial charge in [-0.1, -0.05) is 17.7 Å². The second-order valence-corrected chi connectivity index (χ2v) is 9.47. The Bertz CT molecular complexity index is 1140. The van der Waals surface area contributed by atoms with Crippen molar-refractivity contribution in [3.05, 3.63) is 63.9 Å². The van der Waals surface area contributed by atoms with Crippen LogP contribution in [0.1, 0.15) is 22.6 Å². The van der Waals surface area contributed by atoms with Gasteiger partial charge in [0.2, 0.25) is 12.1 Å². The van der Waals surface area contributed by atoms with E-state index in [1.807, 2.05) is 5.32 Å². The van der Waals surface area contributed by atoms with Crippen LogP contribution in [0.2, 0.25) is 5.02 Å². The van der Waals surface area contributed by atoms with Crippen molar-refractivity contribution >= 4 is 52.3 Å². The average molecular weight is 566 g/mol. The number of benzene rings is 2. The van der Waals surface area contributed by atoms with Crippen LogP contribution in [0.25, 0.3) is 0 Å². The molecule has 3 atom stereocenters. The zero-order chi connectivity index (χ0) is 26.3. The third kappa shape index (κ3) is 5.95. The fourth-order valence-corrected chi connectivity index (χ4v) is 4.44. The number of halogens is 10. The van der Waals surface area contributed by atoms with Gasteiger partial charge in [0.25, 0.3) is 12.3 Å². The molecule has 2 amide bonds. The summed E-state index contributed by atoms with van der Waals surface area (Å²) in [5.74, 6) is -6.11. The van der Waals surface area contributed by atoms with Crippen LogP contribution in [-0.4, -0.2) is 28.7 Å². The van der Waals surface area contributed by atoms with E-state index in [1.54, 1.807) is 0 Å². The summed E-state index contributed by atoms with van der Waals surface area (Å²) in [5, 5.41) is 4.45. The average Bonchev–Trinajstić information content (AvgIpc) is 3.34. The molecule has 0 saturated heterocycles. The molecule has 0 aliphatic heterocycles. The number of anilines is 1. The van der Waals surface area contributed by atoms with E-state index in [1.165, 1.54) is 18.2 Å². The molecule has 2 aromatic carbocycles. The lowest BCUT2D eigenvalue weighted by molar-refractivity contribution is -0.140. The van der Waals surface area contributed by atoms with Gasteiger partial charge in [-0.3, -0.25) is 9.59 Å². The van der Waals surface area contributed by atoms with Crippen LogP contribution in [0, 0.1) is 11.7 Å². The summed E-state index contributed by atoms with van der Waals surface area (Å²) in [6, 6.07) is 6.08. The van der Waals surface area contributed by atoms with Gasteiger partial charge in [-0.05, 0) is 41.5 Å². The molecule has 1 fully saturated rings. The minimum Gasteiger partial charge on any atom is -0.349 e. The summed E-state index contributed by atoms with van der Waals surface area (Å²) in [6.07, 6.45) is -11.5. The number of hydrogen-bond donors (Lipinski definition) is 2. The molecule has 1 aliphatic carbocycles. The van der Waals surface area contributed by atoms with Gasteiger partial charge in [0.15, 0.2) is 0 Å². The predicted molar refractivity (Wildman–Crippen MR) is 115 cm³/mol. The number of carbonyl (C=O) groups excluding carboxylic acids is 2. The van der Waals surface area contributed by atoms with E-state index in [9.17, 15) is 40.3 Å². The SMILES string of the molecule is O=C(NCc1cc(NC(=O)C2C(c3ccc(F)c(C(F)(F)F)c3)C2(Cl)Cl)ccc1Cl)C(F)C(F)F. The fourth-order valence-electron chi connectivity index (χ4n) is 3.42. The van der Waals surface area contributed by atoms with Crippen LogP contribution in [0.3, 0.4) is 0 Å². The molecular weight excluding hydrogens is 552 g/mol. The number of alkyl halides is 8. The van der Waals surface area contributed by atoms with Crippen molar-refractivity contribution in [3.63, 3.8) is 0 Å². The van der Waals surface area contributed by atoms with Crippen LogP contribution < -0.4 is 10.6 Å². The lowest BCUT2D eigenvalue weighted by Gasteiger charge is -2.12. The highest BCUT2D eigenvalue weighted by Gasteiger charge is 2.67. The number of rotatable bonds is 7. The number of hydrogen-bond acceptors (Lipinski definition) is 2. The van der Waals surface area contributed by atoms with Crippen LogP contribution in [0.15, 0.2) is 36.4 Å². The third-order valence-corrected chi connectivity index (χ3v) is 6.54. The minimum atomic E-state index is -4.97. The molecule has 0 spiro atoms. The van der Waals surface area contributed by atoms with E-state index in [0.717, 1.165) is 6.07 Å². The Morgan fingerprint density at radius 2 is 1.71 bits per heavy atom. The molecular formula is C21H14Cl3F7N2O2. The van der Waals surface area contributed by atoms with Crippen molar-refractivity contribution in [3.8, 4) is 0 Å². The van der Waals surface area contributed by atoms with Gasteiger partial charge in [-0.25, -0.2) is 17.6 Å². The fraction of sp³-hybridized carbons (Fsp3) is 0.333. The van der Waals surface area contributed by atoms with Gasteiger partial charge in [-0.2, -0.15) is 13.2 Å². The van der Waals surface area contributed by atoms with E-state index < -0.39 is 64.7 Å². The van der Waals surface area contributed by atoms with Gasteiger partial charge in [0.05, 0.1) is 11.5 Å². The van der Waals surface area contributed by atoms with Crippen molar-refractivity contribution in [1.29, 1.82) is 0 Å². The topological polar surface area (TPSA) is 58.2 Å². The molecule has 2 N–H and O–H groups in total. The van der Waals surface area contributed by atoms with Gasteiger partial charge in [-0.15, -0.1) is 23.2 Å². The lowest BCUT2D eigenvalue weighted by Crippen LogP contribution is -2.35. The molecule has 3 rings (SSSR count). The van der Waals surface area contributed by atoms with Crippen molar-refractivity contribution in [2.45, 2.75) is 35.6 Å². The van der Waals surface area contributed by atoms with Gasteiger partial charge < -0.3 is 10.6 Å². The zero-order valence-electron chi connectivity index (χ0n) is 17.1. The number of amides is 2. The normalized spacial score (nSPS) is 19.9. The first-order valence-corrected chi connectivity index (χ1v) is 10.8. The van der Waals surface area contributed by atoms with E-state index in [2.05, 4.69) is 5.32 Å². The first-order valence-electron chi connectivity index (χ1n) is 9.68. The first-order chi connectivity index (χ1) is 16.1. The quantitative estimate of drug-likeness (QED) is 0.308. The van der Waals surface area contributed by atoms with Gasteiger partial charge >= 0.3 is 6.18 Å². The number of nitrogens with one attached hydrogen (secondary N) is 2. The molecule has 2 aromatic rings. The van der Waals surface area contributed by atoms with Crippen molar-refractivity contribution < 1.29 is 40.3 Å². The maximum absolute atomic E-state index is 13.6. The monoisotopic (exact) mass is 564 g/mol. The molecule has 1 saturated carbocycles. The van der Waals surface area contributed by atoms with Gasteiger partial charge in [0.1, 0.15) is 10.2 Å². The largest absolute Gasteiger partial charge is 0.419 e. The maximum atomic E-state index is 13.6. The maximum Gasteiger partial charge on any atom is 0.419 e. The molecule has 1 aliphatic rings. The summed E-state index contributed by atoms with van der Waals surface area (Å²) in [6.45, 7) is -0.439. The lowest BCUT2D eigenvalue weighted by atomic mass is 10.0. The zero-order valence-corrected chi connectivity index (χ0v) is 19.3. The van der Waals surface area contributed by atoms with Crippen molar-refractivity contribution in [1.82, 2.24) is 5.32 Å². The Morgan fingerprint density at radius 1 is 1.06 bits per heavy atom. The van der Waals surface area contributed by atoms with E-state index in [-0.39, 0.29) is 21.8 Å². The highest BCUT2D eigenvalue weighted by atomic mass is 35.5. The van der Waals surface area contributed by atoms with E-state index >= 15 is 0 Å². The van der Waals surface area contributed by atoms with Gasteiger partial charge in [0, 0.05) is 23.2 Å². The summed E-state index contributed by atoms with van der Waals surface area (Å²) in [7, 11) is 0. The van der Waals surface area contributed by atoms with Crippen LogP contribution in [-0.2, 0) is 22.3 Å². The molecule has 35 heavy (non-hydrogen) atoms. The standard InChI is InChI=1S/C21H14Cl3F7N2O2/c22-12-3-2-10(5-9(12)7-32-19(35)16(26)17(27)28)33-18(34)15-14(20(15,23)24)8-1-4-13(25)11(6-8)21(29,30)31/h1-6,14-17H,7H2,(H,32,35)(H,33,34). The molecule has 190 valence electrons. The second kappa shape index (κ2) is 10.0. The molecule has 14 heteroatoms. The van der Waals surface area contributed by atoms with Crippen LogP contribution in [0.5, 0.6) is 0 Å². The highest BCUT2D eigenvalue weighted by molar-refractivity contribution is 6.53. The highest BCUT2D eigenvalue weighted by Crippen LogP contribution is 2.65. The Labute approximate surface area is 208 Å². The Hall–Kier alpha value is -2.24. The Kier molecular flexibility index (Phi) is 7.83. The summed E-state index contributed by atoms with van der Waals surface area (Å²) in [4.78, 5) is 24.1. The second-order valence-electron chi connectivity index (χ2n) is 7.62. The molecule has 0 heterocycles. The predicted octanol–water partition coefficient (Wildman–Crippen LogP) is 6.24. The van der Waals surface area contributed by atoms with Crippen molar-refractivity contribution in [2.24, 2.45) is 5.92 Å². The molecule has 4 nitrogen and oxygen atoms in total.